The van der Waals surface area contributed by atoms with E-state index in [1.807, 2.05) is 20.8 Å². The van der Waals surface area contributed by atoms with E-state index < -0.39 is 29.5 Å². The molecule has 0 aromatic carbocycles. The Bertz CT molecular complexity index is 554. The lowest BCUT2D eigenvalue weighted by Gasteiger charge is -2.34. The minimum absolute atomic E-state index is 0.246. The molecule has 0 spiro atoms. The number of hydrogen-bond acceptors (Lipinski definition) is 5. The summed E-state index contributed by atoms with van der Waals surface area (Å²) in [6.07, 6.45) is 4.35. The number of carbonyl (C=O) groups is 4. The van der Waals surface area contributed by atoms with E-state index in [4.69, 9.17) is 4.74 Å². The summed E-state index contributed by atoms with van der Waals surface area (Å²) in [6, 6.07) is -1.84. The fourth-order valence-corrected chi connectivity index (χ4v) is 2.90. The third-order valence-corrected chi connectivity index (χ3v) is 4.70. The monoisotopic (exact) mass is 367 g/mol. The van der Waals surface area contributed by atoms with Crippen molar-refractivity contribution in [3.05, 3.63) is 0 Å². The van der Waals surface area contributed by atoms with Gasteiger partial charge in [0.1, 0.15) is 18.9 Å². The van der Waals surface area contributed by atoms with Crippen molar-refractivity contribution in [1.82, 2.24) is 15.5 Å². The summed E-state index contributed by atoms with van der Waals surface area (Å²) >= 11 is 0. The molecule has 26 heavy (non-hydrogen) atoms. The van der Waals surface area contributed by atoms with E-state index in [0.717, 1.165) is 25.5 Å². The molecule has 2 N–H and O–H groups in total. The smallest absolute Gasteiger partial charge is 0.325 e. The fraction of sp³-hybridized carbons (Fsp3) is 0.778. The van der Waals surface area contributed by atoms with E-state index in [1.54, 1.807) is 0 Å². The number of esters is 1. The summed E-state index contributed by atoms with van der Waals surface area (Å²) in [4.78, 5) is 49.3. The van der Waals surface area contributed by atoms with Gasteiger partial charge in [-0.25, -0.2) is 4.79 Å². The van der Waals surface area contributed by atoms with Crippen molar-refractivity contribution in [3.8, 4) is 0 Å². The molecular formula is C18H29N3O5. The van der Waals surface area contributed by atoms with Crippen LogP contribution in [0.2, 0.25) is 0 Å². The van der Waals surface area contributed by atoms with Gasteiger partial charge in [0.15, 0.2) is 0 Å². The molecule has 0 radical (unpaired) electrons. The molecule has 1 aliphatic heterocycles. The Morgan fingerprint density at radius 1 is 1.23 bits per heavy atom. The zero-order valence-electron chi connectivity index (χ0n) is 15.7. The highest BCUT2D eigenvalue weighted by atomic mass is 16.5. The molecule has 2 fully saturated rings. The first-order valence-electron chi connectivity index (χ1n) is 9.18. The largest absolute Gasteiger partial charge is 0.464 e. The van der Waals surface area contributed by atoms with Crippen molar-refractivity contribution in [2.24, 2.45) is 11.3 Å². The van der Waals surface area contributed by atoms with Crippen LogP contribution in [-0.4, -0.2) is 60.9 Å². The van der Waals surface area contributed by atoms with Gasteiger partial charge in [0, 0.05) is 6.54 Å². The highest BCUT2D eigenvalue weighted by Gasteiger charge is 2.39. The second-order valence-electron chi connectivity index (χ2n) is 8.13. The Hall–Kier alpha value is -2.12. The topological polar surface area (TPSA) is 105 Å². The average molecular weight is 367 g/mol. The normalized spacial score (nSPS) is 21.0. The molecule has 0 aromatic heterocycles. The number of aldehydes is 1. The predicted octanol–water partition coefficient (Wildman–Crippen LogP) is 0.843. The van der Waals surface area contributed by atoms with E-state index >= 15 is 0 Å². The van der Waals surface area contributed by atoms with Crippen LogP contribution in [-0.2, 0) is 19.1 Å². The van der Waals surface area contributed by atoms with Crippen LogP contribution in [0, 0.1) is 11.3 Å². The van der Waals surface area contributed by atoms with Crippen LogP contribution >= 0.6 is 0 Å². The van der Waals surface area contributed by atoms with Gasteiger partial charge >= 0.3 is 12.0 Å². The van der Waals surface area contributed by atoms with Gasteiger partial charge in [-0.05, 0) is 37.0 Å². The van der Waals surface area contributed by atoms with Gasteiger partial charge in [-0.15, -0.1) is 0 Å². The number of urea groups is 1. The summed E-state index contributed by atoms with van der Waals surface area (Å²) in [7, 11) is 0. The van der Waals surface area contributed by atoms with E-state index in [0.29, 0.717) is 25.5 Å². The van der Waals surface area contributed by atoms with Crippen molar-refractivity contribution >= 4 is 24.2 Å². The van der Waals surface area contributed by atoms with Gasteiger partial charge in [-0.1, -0.05) is 20.8 Å². The molecule has 8 heteroatoms. The van der Waals surface area contributed by atoms with Gasteiger partial charge in [-0.2, -0.15) is 0 Å². The second kappa shape index (κ2) is 8.51. The van der Waals surface area contributed by atoms with Crippen molar-refractivity contribution in [2.75, 3.05) is 19.7 Å². The lowest BCUT2D eigenvalue weighted by molar-refractivity contribution is -0.142. The minimum atomic E-state index is -0.800. The zero-order valence-corrected chi connectivity index (χ0v) is 15.7. The summed E-state index contributed by atoms with van der Waals surface area (Å²) in [5.41, 5.74) is -0.545. The Morgan fingerprint density at radius 2 is 1.92 bits per heavy atom. The quantitative estimate of drug-likeness (QED) is 0.513. The van der Waals surface area contributed by atoms with E-state index in [9.17, 15) is 19.2 Å². The molecule has 0 bridgehead atoms. The first-order chi connectivity index (χ1) is 12.2. The average Bonchev–Trinajstić information content (AvgIpc) is 3.28. The predicted molar refractivity (Wildman–Crippen MR) is 94.3 cm³/mol. The number of ether oxygens (including phenoxy) is 1. The SMILES string of the molecule is CC(C)(C)C(NC(=O)NCC(=O)OCC1CC1)C(=O)N1CCCC1C=O. The van der Waals surface area contributed by atoms with Gasteiger partial charge in [0.05, 0.1) is 12.6 Å². The number of likely N-dealkylation sites (tertiary alicyclic amines) is 1. The van der Waals surface area contributed by atoms with Crippen LogP contribution in [0.15, 0.2) is 0 Å². The van der Waals surface area contributed by atoms with Crippen LogP contribution in [0.4, 0.5) is 4.79 Å². The van der Waals surface area contributed by atoms with Crippen LogP contribution in [0.3, 0.4) is 0 Å². The molecule has 1 saturated carbocycles. The summed E-state index contributed by atoms with van der Waals surface area (Å²) in [5, 5.41) is 5.08. The zero-order chi connectivity index (χ0) is 19.3. The van der Waals surface area contributed by atoms with E-state index in [-0.39, 0.29) is 12.5 Å². The Balaban J connectivity index is 1.87. The van der Waals surface area contributed by atoms with Crippen LogP contribution in [0.25, 0.3) is 0 Å². The maximum atomic E-state index is 12.9. The number of carbonyl (C=O) groups excluding carboxylic acids is 4. The highest BCUT2D eigenvalue weighted by Crippen LogP contribution is 2.28. The number of nitrogens with one attached hydrogen (secondary N) is 2. The van der Waals surface area contributed by atoms with Gasteiger partial charge in [-0.3, -0.25) is 9.59 Å². The number of amides is 3. The van der Waals surface area contributed by atoms with Crippen LogP contribution in [0.5, 0.6) is 0 Å². The third-order valence-electron chi connectivity index (χ3n) is 4.70. The lowest BCUT2D eigenvalue weighted by atomic mass is 9.85. The van der Waals surface area contributed by atoms with Crippen molar-refractivity contribution < 1.29 is 23.9 Å². The van der Waals surface area contributed by atoms with Crippen LogP contribution in [0.1, 0.15) is 46.5 Å². The summed E-state index contributed by atoms with van der Waals surface area (Å²) in [5.74, 6) is -0.313. The number of rotatable bonds is 7. The highest BCUT2D eigenvalue weighted by molar-refractivity contribution is 5.90. The summed E-state index contributed by atoms with van der Waals surface area (Å²) in [6.45, 7) is 6.17. The van der Waals surface area contributed by atoms with Gasteiger partial charge < -0.3 is 25.1 Å². The van der Waals surface area contributed by atoms with Crippen molar-refractivity contribution in [2.45, 2.75) is 58.5 Å². The molecule has 2 aliphatic rings. The van der Waals surface area contributed by atoms with Gasteiger partial charge in [0.25, 0.3) is 0 Å². The number of hydrogen-bond donors (Lipinski definition) is 2. The molecule has 3 amide bonds. The molecule has 1 saturated heterocycles. The maximum absolute atomic E-state index is 12.9. The first-order valence-corrected chi connectivity index (χ1v) is 9.18. The van der Waals surface area contributed by atoms with Crippen LogP contribution < -0.4 is 10.6 Å². The molecule has 2 unspecified atom stereocenters. The molecular weight excluding hydrogens is 338 g/mol. The minimum Gasteiger partial charge on any atom is -0.464 e. The standard InChI is InChI=1S/C18H29N3O5/c1-18(2,3)15(16(24)21-8-4-5-13(21)10-22)20-17(25)19-9-14(23)26-11-12-6-7-12/h10,12-13,15H,4-9,11H2,1-3H3,(H2,19,20,25). The third kappa shape index (κ3) is 5.71. The second-order valence-corrected chi connectivity index (χ2v) is 8.13. The molecule has 8 nitrogen and oxygen atoms in total. The summed E-state index contributed by atoms with van der Waals surface area (Å²) < 4.78 is 5.05. The molecule has 2 rings (SSSR count). The number of nitrogens with zero attached hydrogens (tertiary/aromatic N) is 1. The molecule has 146 valence electrons. The van der Waals surface area contributed by atoms with Crippen molar-refractivity contribution in [3.63, 3.8) is 0 Å². The Morgan fingerprint density at radius 3 is 2.50 bits per heavy atom. The Labute approximate surface area is 154 Å². The fourth-order valence-electron chi connectivity index (χ4n) is 2.90. The van der Waals surface area contributed by atoms with Crippen molar-refractivity contribution in [1.29, 1.82) is 0 Å². The van der Waals surface area contributed by atoms with E-state index in [1.165, 1.54) is 4.90 Å². The van der Waals surface area contributed by atoms with E-state index in [2.05, 4.69) is 10.6 Å². The lowest BCUT2D eigenvalue weighted by Crippen LogP contribution is -2.58. The Kier molecular flexibility index (Phi) is 6.61. The molecule has 1 heterocycles. The molecule has 1 aliphatic carbocycles. The molecule has 0 aromatic rings. The first kappa shape index (κ1) is 20.2. The molecule has 2 atom stereocenters. The van der Waals surface area contributed by atoms with Gasteiger partial charge in [0.2, 0.25) is 5.91 Å². The maximum Gasteiger partial charge on any atom is 0.325 e.